The molecule has 0 unspecified atom stereocenters. The second kappa shape index (κ2) is 5.79. The van der Waals surface area contributed by atoms with Crippen molar-refractivity contribution in [3.63, 3.8) is 0 Å². The van der Waals surface area contributed by atoms with Crippen LogP contribution >= 0.6 is 0 Å². The van der Waals surface area contributed by atoms with Gasteiger partial charge in [-0.2, -0.15) is 0 Å². The summed E-state index contributed by atoms with van der Waals surface area (Å²) < 4.78 is 7.85. The highest BCUT2D eigenvalue weighted by molar-refractivity contribution is 6.00. The first-order valence-corrected chi connectivity index (χ1v) is 6.92. The van der Waals surface area contributed by atoms with Gasteiger partial charge in [0.25, 0.3) is 0 Å². The molecule has 0 aliphatic carbocycles. The van der Waals surface area contributed by atoms with Crippen molar-refractivity contribution in [1.82, 2.24) is 9.55 Å². The molecule has 3 rings (SSSR count). The zero-order valence-corrected chi connectivity index (χ0v) is 11.8. The number of carbonyl (C=O) groups excluding carboxylic acids is 1. The summed E-state index contributed by atoms with van der Waals surface area (Å²) in [5.74, 6) is 0.604. The van der Waals surface area contributed by atoms with E-state index in [1.54, 1.807) is 12.5 Å². The van der Waals surface area contributed by atoms with Crippen molar-refractivity contribution < 1.29 is 9.53 Å². The van der Waals surface area contributed by atoms with Crippen LogP contribution in [0.25, 0.3) is 10.8 Å². The summed E-state index contributed by atoms with van der Waals surface area (Å²) in [7, 11) is 0. The number of aromatic nitrogens is 2. The molecule has 0 amide bonds. The van der Waals surface area contributed by atoms with E-state index in [-0.39, 0.29) is 0 Å². The smallest absolute Gasteiger partial charge is 0.154 e. The van der Waals surface area contributed by atoms with Crippen molar-refractivity contribution >= 4 is 17.1 Å². The zero-order valence-electron chi connectivity index (χ0n) is 11.8. The van der Waals surface area contributed by atoms with E-state index in [1.807, 2.05) is 41.0 Å². The summed E-state index contributed by atoms with van der Waals surface area (Å²) in [5, 5.41) is 1.94. The molecular formula is C17H16N2O2. The molecular weight excluding hydrogens is 264 g/mol. The van der Waals surface area contributed by atoms with E-state index in [4.69, 9.17) is 4.74 Å². The lowest BCUT2D eigenvalue weighted by Gasteiger charge is -2.11. The fourth-order valence-electron chi connectivity index (χ4n) is 2.43. The number of rotatable bonds is 5. The molecule has 0 saturated heterocycles. The Morgan fingerprint density at radius 3 is 2.90 bits per heavy atom. The third-order valence-electron chi connectivity index (χ3n) is 3.56. The summed E-state index contributed by atoms with van der Waals surface area (Å²) in [6, 6.07) is 11.6. The molecule has 0 N–H and O–H groups in total. The summed E-state index contributed by atoms with van der Waals surface area (Å²) >= 11 is 0. The number of benzene rings is 2. The lowest BCUT2D eigenvalue weighted by atomic mass is 10.0. The predicted octanol–water partition coefficient (Wildman–Crippen LogP) is 3.45. The second-order valence-electron chi connectivity index (χ2n) is 4.78. The fourth-order valence-corrected chi connectivity index (χ4v) is 2.43. The van der Waals surface area contributed by atoms with Gasteiger partial charge in [0.2, 0.25) is 0 Å². The van der Waals surface area contributed by atoms with E-state index < -0.39 is 0 Å². The third kappa shape index (κ3) is 2.52. The van der Waals surface area contributed by atoms with Crippen LogP contribution in [-0.4, -0.2) is 15.8 Å². The van der Waals surface area contributed by atoms with Crippen LogP contribution in [0.1, 0.15) is 23.0 Å². The Kier molecular flexibility index (Phi) is 3.69. The third-order valence-corrected chi connectivity index (χ3v) is 3.56. The van der Waals surface area contributed by atoms with Crippen molar-refractivity contribution in [3.05, 3.63) is 60.2 Å². The maximum Gasteiger partial charge on any atom is 0.154 e. The van der Waals surface area contributed by atoms with E-state index in [2.05, 4.69) is 11.9 Å². The highest BCUT2D eigenvalue weighted by atomic mass is 16.5. The van der Waals surface area contributed by atoms with Gasteiger partial charge in [0.1, 0.15) is 12.4 Å². The maximum atomic E-state index is 11.4. The van der Waals surface area contributed by atoms with Gasteiger partial charge in [-0.25, -0.2) is 4.98 Å². The van der Waals surface area contributed by atoms with Crippen LogP contribution in [0.5, 0.6) is 5.75 Å². The van der Waals surface area contributed by atoms with Crippen LogP contribution in [0.15, 0.2) is 48.9 Å². The number of hydrogen-bond acceptors (Lipinski definition) is 3. The predicted molar refractivity (Wildman–Crippen MR) is 81.6 cm³/mol. The van der Waals surface area contributed by atoms with Gasteiger partial charge in [-0.1, -0.05) is 30.3 Å². The number of nitrogens with zero attached hydrogens (tertiary/aromatic N) is 2. The first-order valence-electron chi connectivity index (χ1n) is 6.92. The molecule has 4 nitrogen and oxygen atoms in total. The number of ether oxygens (including phenoxy) is 1. The summed E-state index contributed by atoms with van der Waals surface area (Å²) in [5.41, 5.74) is 1.58. The topological polar surface area (TPSA) is 44.1 Å². The molecule has 106 valence electrons. The van der Waals surface area contributed by atoms with Crippen molar-refractivity contribution in [3.8, 4) is 5.75 Å². The number of aryl methyl sites for hydroxylation is 1. The van der Waals surface area contributed by atoms with Crippen molar-refractivity contribution in [1.29, 1.82) is 0 Å². The van der Waals surface area contributed by atoms with Gasteiger partial charge >= 0.3 is 0 Å². The zero-order chi connectivity index (χ0) is 14.7. The standard InChI is InChI=1S/C17H16N2O2/c1-2-19-12-18-9-14(19)11-21-17-8-7-13-5-3-4-6-15(13)16(17)10-20/h3-10,12H,2,11H2,1H3. The van der Waals surface area contributed by atoms with Gasteiger partial charge in [0.15, 0.2) is 6.29 Å². The van der Waals surface area contributed by atoms with E-state index in [1.165, 1.54) is 0 Å². The highest BCUT2D eigenvalue weighted by Crippen LogP contribution is 2.27. The quantitative estimate of drug-likeness (QED) is 0.672. The molecule has 1 heterocycles. The molecule has 0 aliphatic rings. The molecule has 0 bridgehead atoms. The fraction of sp³-hybridized carbons (Fsp3) is 0.176. The first-order chi connectivity index (χ1) is 10.3. The Labute approximate surface area is 123 Å². The van der Waals surface area contributed by atoms with Gasteiger partial charge in [0.05, 0.1) is 23.8 Å². The summed E-state index contributed by atoms with van der Waals surface area (Å²) in [6.45, 7) is 3.29. The maximum absolute atomic E-state index is 11.4. The molecule has 0 aliphatic heterocycles. The number of aldehydes is 1. The van der Waals surface area contributed by atoms with Gasteiger partial charge in [0, 0.05) is 6.54 Å². The van der Waals surface area contributed by atoms with Gasteiger partial charge in [-0.3, -0.25) is 4.79 Å². The molecule has 0 fully saturated rings. The number of hydrogen-bond donors (Lipinski definition) is 0. The van der Waals surface area contributed by atoms with Crippen LogP contribution in [0, 0.1) is 0 Å². The Bertz CT molecular complexity index is 777. The normalized spacial score (nSPS) is 10.7. The molecule has 1 aromatic heterocycles. The highest BCUT2D eigenvalue weighted by Gasteiger charge is 2.09. The molecule has 0 saturated carbocycles. The van der Waals surface area contributed by atoms with E-state index in [0.717, 1.165) is 29.3 Å². The van der Waals surface area contributed by atoms with Gasteiger partial charge < -0.3 is 9.30 Å². The van der Waals surface area contributed by atoms with Crippen molar-refractivity contribution in [2.75, 3.05) is 0 Å². The molecule has 0 spiro atoms. The molecule has 0 radical (unpaired) electrons. The average Bonchev–Trinajstić information content (AvgIpc) is 2.99. The Balaban J connectivity index is 1.92. The SMILES string of the molecule is CCn1cncc1COc1ccc2ccccc2c1C=O. The molecule has 21 heavy (non-hydrogen) atoms. The van der Waals surface area contributed by atoms with E-state index in [0.29, 0.717) is 17.9 Å². The lowest BCUT2D eigenvalue weighted by molar-refractivity contribution is 0.112. The summed E-state index contributed by atoms with van der Waals surface area (Å²) in [6.07, 6.45) is 4.42. The van der Waals surface area contributed by atoms with E-state index >= 15 is 0 Å². The van der Waals surface area contributed by atoms with E-state index in [9.17, 15) is 4.79 Å². The number of imidazole rings is 1. The molecule has 0 atom stereocenters. The van der Waals surface area contributed by atoms with Crippen molar-refractivity contribution in [2.45, 2.75) is 20.1 Å². The lowest BCUT2D eigenvalue weighted by Crippen LogP contribution is -2.05. The largest absolute Gasteiger partial charge is 0.487 e. The number of fused-ring (bicyclic) bond motifs is 1. The number of carbonyl (C=O) groups is 1. The summed E-state index contributed by atoms with van der Waals surface area (Å²) in [4.78, 5) is 15.5. The minimum Gasteiger partial charge on any atom is -0.487 e. The molecule has 4 heteroatoms. The van der Waals surface area contributed by atoms with Crippen LogP contribution in [0.3, 0.4) is 0 Å². The monoisotopic (exact) mass is 280 g/mol. The van der Waals surface area contributed by atoms with Crippen LogP contribution < -0.4 is 4.74 Å². The minimum absolute atomic E-state index is 0.396. The van der Waals surface area contributed by atoms with Crippen molar-refractivity contribution in [2.24, 2.45) is 0 Å². The Morgan fingerprint density at radius 2 is 2.10 bits per heavy atom. The van der Waals surface area contributed by atoms with Crippen LogP contribution in [0.2, 0.25) is 0 Å². The van der Waals surface area contributed by atoms with Gasteiger partial charge in [-0.05, 0) is 23.8 Å². The average molecular weight is 280 g/mol. The molecule has 3 aromatic rings. The van der Waals surface area contributed by atoms with Gasteiger partial charge in [-0.15, -0.1) is 0 Å². The van der Waals surface area contributed by atoms with Crippen LogP contribution in [0.4, 0.5) is 0 Å². The van der Waals surface area contributed by atoms with Crippen LogP contribution in [-0.2, 0) is 13.2 Å². The first kappa shape index (κ1) is 13.4. The Hall–Kier alpha value is -2.62. The Morgan fingerprint density at radius 1 is 1.24 bits per heavy atom. The minimum atomic E-state index is 0.396. The second-order valence-corrected chi connectivity index (χ2v) is 4.78. The molecule has 2 aromatic carbocycles.